The molecule has 0 aliphatic carbocycles. The molecule has 0 fully saturated rings. The second-order valence-corrected chi connectivity index (χ2v) is 5.79. The molecule has 0 aliphatic rings. The van der Waals surface area contributed by atoms with E-state index in [1.807, 2.05) is 45.0 Å². The molecule has 1 aromatic heterocycles. The highest BCUT2D eigenvalue weighted by Crippen LogP contribution is 2.17. The second-order valence-electron chi connectivity index (χ2n) is 4.88. The standard InChI is InChI=1S/C14H16BrN5O/c1-9(2)8-13(21)16-10(3)14-17-18-19-20(14)12-6-4-11(15)5-7-12/h4-8,10H,1-3H3,(H,16,21). The Morgan fingerprint density at radius 2 is 2.00 bits per heavy atom. The summed E-state index contributed by atoms with van der Waals surface area (Å²) < 4.78 is 2.59. The van der Waals surface area contributed by atoms with Crippen LogP contribution in [0.5, 0.6) is 0 Å². The first-order valence-electron chi connectivity index (χ1n) is 6.47. The molecular formula is C14H16BrN5O. The molecule has 1 amide bonds. The van der Waals surface area contributed by atoms with E-state index in [4.69, 9.17) is 0 Å². The smallest absolute Gasteiger partial charge is 0.244 e. The number of tetrazole rings is 1. The first-order valence-corrected chi connectivity index (χ1v) is 7.26. The van der Waals surface area contributed by atoms with Crippen molar-refractivity contribution in [2.75, 3.05) is 0 Å². The number of benzene rings is 1. The Kier molecular flexibility index (Phi) is 4.85. The van der Waals surface area contributed by atoms with Gasteiger partial charge in [0.25, 0.3) is 0 Å². The maximum Gasteiger partial charge on any atom is 0.244 e. The zero-order chi connectivity index (χ0) is 15.4. The minimum absolute atomic E-state index is 0.159. The number of carbonyl (C=O) groups is 1. The fraction of sp³-hybridized carbons (Fsp3) is 0.286. The molecule has 0 bridgehead atoms. The highest BCUT2D eigenvalue weighted by molar-refractivity contribution is 9.10. The quantitative estimate of drug-likeness (QED) is 0.861. The zero-order valence-electron chi connectivity index (χ0n) is 12.0. The fourth-order valence-electron chi connectivity index (χ4n) is 1.81. The van der Waals surface area contributed by atoms with E-state index < -0.39 is 0 Å². The Labute approximate surface area is 131 Å². The van der Waals surface area contributed by atoms with Crippen molar-refractivity contribution in [1.29, 1.82) is 0 Å². The number of nitrogens with zero attached hydrogens (tertiary/aromatic N) is 4. The van der Waals surface area contributed by atoms with Crippen molar-refractivity contribution >= 4 is 21.8 Å². The molecule has 1 heterocycles. The molecule has 2 aromatic rings. The normalized spacial score (nSPS) is 11.8. The Hall–Kier alpha value is -2.02. The lowest BCUT2D eigenvalue weighted by Gasteiger charge is -2.12. The first-order chi connectivity index (χ1) is 9.97. The van der Waals surface area contributed by atoms with E-state index in [9.17, 15) is 4.79 Å². The molecule has 1 aromatic carbocycles. The van der Waals surface area contributed by atoms with Crippen molar-refractivity contribution in [3.63, 3.8) is 0 Å². The fourth-order valence-corrected chi connectivity index (χ4v) is 2.08. The minimum Gasteiger partial charge on any atom is -0.343 e. The largest absolute Gasteiger partial charge is 0.343 e. The van der Waals surface area contributed by atoms with Crippen LogP contribution < -0.4 is 5.32 Å². The molecule has 1 unspecified atom stereocenters. The van der Waals surface area contributed by atoms with Crippen molar-refractivity contribution in [3.05, 3.63) is 46.2 Å². The summed E-state index contributed by atoms with van der Waals surface area (Å²) in [5, 5.41) is 14.5. The molecule has 0 saturated heterocycles. The lowest BCUT2D eigenvalue weighted by atomic mass is 10.2. The van der Waals surface area contributed by atoms with E-state index in [2.05, 4.69) is 36.8 Å². The van der Waals surface area contributed by atoms with Crippen LogP contribution in [0.3, 0.4) is 0 Å². The van der Waals surface area contributed by atoms with E-state index in [0.717, 1.165) is 15.7 Å². The van der Waals surface area contributed by atoms with Gasteiger partial charge in [-0.2, -0.15) is 4.68 Å². The number of hydrogen-bond donors (Lipinski definition) is 1. The highest BCUT2D eigenvalue weighted by Gasteiger charge is 2.17. The van der Waals surface area contributed by atoms with Gasteiger partial charge in [0.1, 0.15) is 0 Å². The summed E-state index contributed by atoms with van der Waals surface area (Å²) in [6.45, 7) is 5.59. The third-order valence-electron chi connectivity index (χ3n) is 2.73. The van der Waals surface area contributed by atoms with Crippen LogP contribution in [0, 0.1) is 0 Å². The van der Waals surface area contributed by atoms with Gasteiger partial charge in [-0.25, -0.2) is 0 Å². The topological polar surface area (TPSA) is 72.7 Å². The molecule has 0 aliphatic heterocycles. The Bertz CT molecular complexity index is 658. The maximum atomic E-state index is 11.8. The van der Waals surface area contributed by atoms with Gasteiger partial charge in [-0.3, -0.25) is 4.79 Å². The average molecular weight is 350 g/mol. The van der Waals surface area contributed by atoms with Crippen LogP contribution in [-0.4, -0.2) is 26.1 Å². The monoisotopic (exact) mass is 349 g/mol. The van der Waals surface area contributed by atoms with Gasteiger partial charge >= 0.3 is 0 Å². The summed E-state index contributed by atoms with van der Waals surface area (Å²) in [7, 11) is 0. The van der Waals surface area contributed by atoms with Crippen LogP contribution in [0.2, 0.25) is 0 Å². The summed E-state index contributed by atoms with van der Waals surface area (Å²) in [5.74, 6) is 0.417. The highest BCUT2D eigenvalue weighted by atomic mass is 79.9. The lowest BCUT2D eigenvalue weighted by molar-refractivity contribution is -0.117. The molecule has 1 N–H and O–H groups in total. The molecule has 1 atom stereocenters. The van der Waals surface area contributed by atoms with Crippen molar-refractivity contribution < 1.29 is 4.79 Å². The number of amides is 1. The molecule has 0 spiro atoms. The van der Waals surface area contributed by atoms with Gasteiger partial charge in [-0.1, -0.05) is 21.5 Å². The summed E-state index contributed by atoms with van der Waals surface area (Å²) >= 11 is 3.39. The van der Waals surface area contributed by atoms with Crippen molar-refractivity contribution in [1.82, 2.24) is 25.5 Å². The molecular weight excluding hydrogens is 334 g/mol. The lowest BCUT2D eigenvalue weighted by Crippen LogP contribution is -2.27. The van der Waals surface area contributed by atoms with Gasteiger partial charge < -0.3 is 5.32 Å². The summed E-state index contributed by atoms with van der Waals surface area (Å²) in [6.07, 6.45) is 1.55. The second kappa shape index (κ2) is 6.62. The summed E-state index contributed by atoms with van der Waals surface area (Å²) in [6, 6.07) is 7.32. The van der Waals surface area contributed by atoms with Crippen molar-refractivity contribution in [2.24, 2.45) is 0 Å². The van der Waals surface area contributed by atoms with E-state index in [1.165, 1.54) is 0 Å². The number of rotatable bonds is 4. The molecule has 110 valence electrons. The van der Waals surface area contributed by atoms with Crippen LogP contribution in [0.1, 0.15) is 32.6 Å². The maximum absolute atomic E-state index is 11.8. The van der Waals surface area contributed by atoms with Gasteiger partial charge in [0.2, 0.25) is 5.91 Å². The number of hydrogen-bond acceptors (Lipinski definition) is 4. The minimum atomic E-state index is -0.299. The van der Waals surface area contributed by atoms with Crippen molar-refractivity contribution in [2.45, 2.75) is 26.8 Å². The number of carbonyl (C=O) groups excluding carboxylic acids is 1. The first kappa shape index (κ1) is 15.4. The molecule has 7 heteroatoms. The Balaban J connectivity index is 2.22. The van der Waals surface area contributed by atoms with Crippen LogP contribution in [0.4, 0.5) is 0 Å². The van der Waals surface area contributed by atoms with E-state index in [1.54, 1.807) is 10.8 Å². The molecule has 21 heavy (non-hydrogen) atoms. The van der Waals surface area contributed by atoms with Crippen LogP contribution >= 0.6 is 15.9 Å². The van der Waals surface area contributed by atoms with Crippen molar-refractivity contribution in [3.8, 4) is 5.69 Å². The third kappa shape index (κ3) is 3.98. The van der Waals surface area contributed by atoms with Gasteiger partial charge in [-0.05, 0) is 55.5 Å². The average Bonchev–Trinajstić information content (AvgIpc) is 2.87. The zero-order valence-corrected chi connectivity index (χ0v) is 13.6. The molecule has 0 saturated carbocycles. The van der Waals surface area contributed by atoms with E-state index >= 15 is 0 Å². The van der Waals surface area contributed by atoms with Gasteiger partial charge in [0, 0.05) is 10.5 Å². The van der Waals surface area contributed by atoms with Crippen LogP contribution in [0.15, 0.2) is 40.4 Å². The predicted octanol–water partition coefficient (Wildman–Crippen LogP) is 2.57. The van der Waals surface area contributed by atoms with Gasteiger partial charge in [0.05, 0.1) is 11.7 Å². The molecule has 2 rings (SSSR count). The number of allylic oxidation sites excluding steroid dienone is 1. The van der Waals surface area contributed by atoms with Crippen LogP contribution in [-0.2, 0) is 4.79 Å². The van der Waals surface area contributed by atoms with E-state index in [0.29, 0.717) is 5.82 Å². The predicted molar refractivity (Wildman–Crippen MR) is 82.8 cm³/mol. The summed E-state index contributed by atoms with van der Waals surface area (Å²) in [5.41, 5.74) is 1.77. The number of aromatic nitrogens is 4. The Morgan fingerprint density at radius 3 is 2.62 bits per heavy atom. The number of nitrogens with one attached hydrogen (secondary N) is 1. The van der Waals surface area contributed by atoms with Crippen LogP contribution in [0.25, 0.3) is 5.69 Å². The third-order valence-corrected chi connectivity index (χ3v) is 3.26. The SMILES string of the molecule is CC(C)=CC(=O)NC(C)c1nnnn1-c1ccc(Br)cc1. The number of halogens is 1. The molecule has 0 radical (unpaired) electrons. The summed E-state index contributed by atoms with van der Waals surface area (Å²) in [4.78, 5) is 11.8. The van der Waals surface area contributed by atoms with Gasteiger partial charge in [-0.15, -0.1) is 5.10 Å². The van der Waals surface area contributed by atoms with Gasteiger partial charge in [0.15, 0.2) is 5.82 Å². The molecule has 6 nitrogen and oxygen atoms in total. The Morgan fingerprint density at radius 1 is 1.33 bits per heavy atom. The van der Waals surface area contributed by atoms with E-state index in [-0.39, 0.29) is 11.9 Å².